The Kier molecular flexibility index (Phi) is 5.53. The number of carboxylic acid groups (broad SMARTS) is 1. The second-order valence-corrected chi connectivity index (χ2v) is 3.60. The summed E-state index contributed by atoms with van der Waals surface area (Å²) in [5.74, 6) is -0.790. The van der Waals surface area contributed by atoms with Crippen LogP contribution in [0.2, 0.25) is 0 Å². The normalized spacial score (nSPS) is 12.3. The van der Waals surface area contributed by atoms with Crippen LogP contribution < -0.4 is 5.32 Å². The first-order chi connectivity index (χ1) is 7.74. The molecule has 4 nitrogen and oxygen atoms in total. The molecule has 16 heavy (non-hydrogen) atoms. The van der Waals surface area contributed by atoms with Gasteiger partial charge >= 0.3 is 5.97 Å². The van der Waals surface area contributed by atoms with E-state index in [9.17, 15) is 9.90 Å². The number of nitrogens with one attached hydrogen (secondary N) is 1. The second kappa shape index (κ2) is 6.98. The fourth-order valence-electron chi connectivity index (χ4n) is 1.49. The van der Waals surface area contributed by atoms with Crippen LogP contribution in [-0.2, 0) is 4.79 Å². The molecular formula is C12H17NO3. The van der Waals surface area contributed by atoms with Crippen molar-refractivity contribution in [1.29, 1.82) is 0 Å². The summed E-state index contributed by atoms with van der Waals surface area (Å²) < 4.78 is 0. The SMILES string of the molecule is O=C(O)CCCNC(CO)c1ccccc1. The highest BCUT2D eigenvalue weighted by atomic mass is 16.4. The maximum atomic E-state index is 10.3. The number of hydrogen-bond acceptors (Lipinski definition) is 3. The third-order valence-electron chi connectivity index (χ3n) is 2.34. The van der Waals surface area contributed by atoms with Crippen LogP contribution in [0.3, 0.4) is 0 Å². The smallest absolute Gasteiger partial charge is 0.303 e. The molecule has 3 N–H and O–H groups in total. The first-order valence-electron chi connectivity index (χ1n) is 5.35. The number of hydrogen-bond donors (Lipinski definition) is 3. The molecule has 0 fully saturated rings. The highest BCUT2D eigenvalue weighted by molar-refractivity contribution is 5.66. The molecule has 1 aromatic carbocycles. The lowest BCUT2D eigenvalue weighted by atomic mass is 10.1. The lowest BCUT2D eigenvalue weighted by molar-refractivity contribution is -0.137. The molecule has 1 unspecified atom stereocenters. The van der Waals surface area contributed by atoms with E-state index in [0.29, 0.717) is 13.0 Å². The monoisotopic (exact) mass is 223 g/mol. The summed E-state index contributed by atoms with van der Waals surface area (Å²) in [6.45, 7) is 0.601. The summed E-state index contributed by atoms with van der Waals surface area (Å²) in [6, 6.07) is 9.50. The molecule has 1 rings (SSSR count). The second-order valence-electron chi connectivity index (χ2n) is 3.60. The average Bonchev–Trinajstić information content (AvgIpc) is 2.30. The zero-order valence-corrected chi connectivity index (χ0v) is 9.10. The van der Waals surface area contributed by atoms with Gasteiger partial charge in [0.2, 0.25) is 0 Å². The molecule has 0 spiro atoms. The molecule has 0 heterocycles. The van der Waals surface area contributed by atoms with Crippen LogP contribution in [0.15, 0.2) is 30.3 Å². The number of aliphatic hydroxyl groups is 1. The van der Waals surface area contributed by atoms with Crippen LogP contribution in [-0.4, -0.2) is 29.3 Å². The van der Waals surface area contributed by atoms with E-state index >= 15 is 0 Å². The minimum absolute atomic E-state index is 0.0110. The zero-order valence-electron chi connectivity index (χ0n) is 9.10. The summed E-state index contributed by atoms with van der Waals surface area (Å²) in [5, 5.41) is 20.8. The molecule has 0 saturated heterocycles. The number of aliphatic carboxylic acids is 1. The molecule has 0 aliphatic rings. The van der Waals surface area contributed by atoms with Crippen LogP contribution in [0.4, 0.5) is 0 Å². The number of benzene rings is 1. The number of carboxylic acids is 1. The number of rotatable bonds is 7. The van der Waals surface area contributed by atoms with E-state index in [-0.39, 0.29) is 19.1 Å². The lowest BCUT2D eigenvalue weighted by Gasteiger charge is -2.16. The minimum Gasteiger partial charge on any atom is -0.481 e. The topological polar surface area (TPSA) is 69.6 Å². The van der Waals surface area contributed by atoms with E-state index in [2.05, 4.69) is 5.32 Å². The fraction of sp³-hybridized carbons (Fsp3) is 0.417. The largest absolute Gasteiger partial charge is 0.481 e. The maximum Gasteiger partial charge on any atom is 0.303 e. The number of carbonyl (C=O) groups is 1. The molecule has 4 heteroatoms. The van der Waals surface area contributed by atoms with Gasteiger partial charge in [-0.05, 0) is 18.5 Å². The fourth-order valence-corrected chi connectivity index (χ4v) is 1.49. The van der Waals surface area contributed by atoms with Gasteiger partial charge in [-0.15, -0.1) is 0 Å². The van der Waals surface area contributed by atoms with Crippen LogP contribution in [0.25, 0.3) is 0 Å². The van der Waals surface area contributed by atoms with E-state index in [1.54, 1.807) is 0 Å². The Balaban J connectivity index is 2.35. The summed E-state index contributed by atoms with van der Waals surface area (Å²) in [6.07, 6.45) is 0.721. The quantitative estimate of drug-likeness (QED) is 0.607. The molecule has 1 aromatic rings. The van der Waals surface area contributed by atoms with Crippen LogP contribution in [0, 0.1) is 0 Å². The molecule has 0 amide bonds. The molecule has 88 valence electrons. The van der Waals surface area contributed by atoms with Crippen molar-refractivity contribution in [1.82, 2.24) is 5.32 Å². The summed E-state index contributed by atoms with van der Waals surface area (Å²) in [7, 11) is 0. The van der Waals surface area contributed by atoms with Crippen LogP contribution in [0.5, 0.6) is 0 Å². The highest BCUT2D eigenvalue weighted by Crippen LogP contribution is 2.11. The highest BCUT2D eigenvalue weighted by Gasteiger charge is 2.08. The van der Waals surface area contributed by atoms with E-state index in [1.807, 2.05) is 30.3 Å². The van der Waals surface area contributed by atoms with Gasteiger partial charge in [-0.1, -0.05) is 30.3 Å². The Morgan fingerprint density at radius 2 is 2.00 bits per heavy atom. The molecule has 0 aliphatic heterocycles. The van der Waals surface area contributed by atoms with Gasteiger partial charge in [-0.3, -0.25) is 4.79 Å². The molecule has 1 atom stereocenters. The third-order valence-corrected chi connectivity index (χ3v) is 2.34. The van der Waals surface area contributed by atoms with E-state index < -0.39 is 5.97 Å². The molecule has 0 aliphatic carbocycles. The van der Waals surface area contributed by atoms with E-state index in [0.717, 1.165) is 5.56 Å². The molecule has 0 radical (unpaired) electrons. The van der Waals surface area contributed by atoms with Crippen molar-refractivity contribution < 1.29 is 15.0 Å². The van der Waals surface area contributed by atoms with Crippen LogP contribution >= 0.6 is 0 Å². The summed E-state index contributed by atoms with van der Waals surface area (Å²) in [5.41, 5.74) is 1.01. The van der Waals surface area contributed by atoms with Gasteiger partial charge in [0.1, 0.15) is 0 Å². The van der Waals surface area contributed by atoms with Gasteiger partial charge in [0, 0.05) is 6.42 Å². The van der Waals surface area contributed by atoms with Gasteiger partial charge in [-0.25, -0.2) is 0 Å². The standard InChI is InChI=1S/C12H17NO3/c14-9-11(10-5-2-1-3-6-10)13-8-4-7-12(15)16/h1-3,5-6,11,13-14H,4,7-9H2,(H,15,16). The van der Waals surface area contributed by atoms with Crippen molar-refractivity contribution in [3.8, 4) is 0 Å². The maximum absolute atomic E-state index is 10.3. The van der Waals surface area contributed by atoms with E-state index in [1.165, 1.54) is 0 Å². The van der Waals surface area contributed by atoms with E-state index in [4.69, 9.17) is 5.11 Å². The number of aliphatic hydroxyl groups excluding tert-OH is 1. The third kappa shape index (κ3) is 4.42. The zero-order chi connectivity index (χ0) is 11.8. The summed E-state index contributed by atoms with van der Waals surface area (Å²) >= 11 is 0. The molecule has 0 aromatic heterocycles. The summed E-state index contributed by atoms with van der Waals surface area (Å²) in [4.78, 5) is 10.3. The van der Waals surface area contributed by atoms with Crippen LogP contribution in [0.1, 0.15) is 24.4 Å². The Bertz CT molecular complexity index is 313. The van der Waals surface area contributed by atoms with Crippen molar-refractivity contribution in [2.75, 3.05) is 13.2 Å². The Labute approximate surface area is 94.9 Å². The van der Waals surface area contributed by atoms with Crippen molar-refractivity contribution in [3.63, 3.8) is 0 Å². The van der Waals surface area contributed by atoms with Gasteiger partial charge < -0.3 is 15.5 Å². The first kappa shape index (κ1) is 12.7. The average molecular weight is 223 g/mol. The Hall–Kier alpha value is -1.39. The molecule has 0 bridgehead atoms. The predicted molar refractivity (Wildman–Crippen MR) is 61.1 cm³/mol. The first-order valence-corrected chi connectivity index (χ1v) is 5.35. The minimum atomic E-state index is -0.790. The van der Waals surface area contributed by atoms with Gasteiger partial charge in [0.25, 0.3) is 0 Å². The lowest BCUT2D eigenvalue weighted by Crippen LogP contribution is -2.25. The van der Waals surface area contributed by atoms with Crippen molar-refractivity contribution in [3.05, 3.63) is 35.9 Å². The van der Waals surface area contributed by atoms with Gasteiger partial charge in [0.15, 0.2) is 0 Å². The Morgan fingerprint density at radius 1 is 1.31 bits per heavy atom. The molecular weight excluding hydrogens is 206 g/mol. The van der Waals surface area contributed by atoms with Gasteiger partial charge in [0.05, 0.1) is 12.6 Å². The molecule has 0 saturated carbocycles. The van der Waals surface area contributed by atoms with Crippen molar-refractivity contribution in [2.24, 2.45) is 0 Å². The van der Waals surface area contributed by atoms with Gasteiger partial charge in [-0.2, -0.15) is 0 Å². The Morgan fingerprint density at radius 3 is 2.56 bits per heavy atom. The van der Waals surface area contributed by atoms with Crippen molar-refractivity contribution >= 4 is 5.97 Å². The predicted octanol–water partition coefficient (Wildman–Crippen LogP) is 1.17. The van der Waals surface area contributed by atoms with Crippen molar-refractivity contribution in [2.45, 2.75) is 18.9 Å².